The van der Waals surface area contributed by atoms with E-state index in [0.29, 0.717) is 5.92 Å². The molecule has 7 heavy (non-hydrogen) atoms. The van der Waals surface area contributed by atoms with Gasteiger partial charge in [-0.1, -0.05) is 6.42 Å². The van der Waals surface area contributed by atoms with Crippen molar-refractivity contribution >= 4 is 0 Å². The molecule has 1 aliphatic carbocycles. The second kappa shape index (κ2) is 1.81. The van der Waals surface area contributed by atoms with Crippen molar-refractivity contribution in [3.8, 4) is 0 Å². The summed E-state index contributed by atoms with van der Waals surface area (Å²) in [5, 5.41) is 0. The summed E-state index contributed by atoms with van der Waals surface area (Å²) in [4.78, 5) is 0. The summed E-state index contributed by atoms with van der Waals surface area (Å²) in [6.07, 6.45) is 2.53. The largest absolute Gasteiger partial charge is 0.247 e. The third-order valence-electron chi connectivity index (χ3n) is 1.66. The first kappa shape index (κ1) is 5.07. The SMILES string of the molecule is [CH2]C(F)C1CCC1. The van der Waals surface area contributed by atoms with E-state index < -0.39 is 6.17 Å². The Bertz CT molecular complexity index is 55.2. The predicted molar refractivity (Wildman–Crippen MR) is 27.6 cm³/mol. The molecule has 41 valence electrons. The number of hydrogen-bond donors (Lipinski definition) is 0. The van der Waals surface area contributed by atoms with Crippen molar-refractivity contribution in [1.29, 1.82) is 0 Å². The molecule has 1 aliphatic rings. The Balaban J connectivity index is 2.14. The van der Waals surface area contributed by atoms with E-state index in [1.54, 1.807) is 0 Å². The maximum Gasteiger partial charge on any atom is 0.103 e. The third kappa shape index (κ3) is 0.929. The Morgan fingerprint density at radius 2 is 2.14 bits per heavy atom. The van der Waals surface area contributed by atoms with Crippen LogP contribution in [0, 0.1) is 12.8 Å². The summed E-state index contributed by atoms with van der Waals surface area (Å²) < 4.78 is 12.0. The first-order valence-corrected chi connectivity index (χ1v) is 2.78. The molecule has 0 spiro atoms. The van der Waals surface area contributed by atoms with Crippen molar-refractivity contribution < 1.29 is 4.39 Å². The molecule has 1 rings (SSSR count). The number of halogens is 1. The molecule has 1 unspecified atom stereocenters. The van der Waals surface area contributed by atoms with Crippen LogP contribution < -0.4 is 0 Å². The highest BCUT2D eigenvalue weighted by Gasteiger charge is 2.22. The number of rotatable bonds is 1. The van der Waals surface area contributed by atoms with E-state index >= 15 is 0 Å². The Hall–Kier alpha value is -0.0700. The van der Waals surface area contributed by atoms with E-state index in [-0.39, 0.29) is 0 Å². The van der Waals surface area contributed by atoms with Crippen LogP contribution in [0.5, 0.6) is 0 Å². The van der Waals surface area contributed by atoms with Gasteiger partial charge >= 0.3 is 0 Å². The van der Waals surface area contributed by atoms with Gasteiger partial charge in [0.15, 0.2) is 0 Å². The lowest BCUT2D eigenvalue weighted by atomic mass is 9.82. The van der Waals surface area contributed by atoms with Gasteiger partial charge in [0.25, 0.3) is 0 Å². The summed E-state index contributed by atoms with van der Waals surface area (Å²) in [5.41, 5.74) is 0. The van der Waals surface area contributed by atoms with E-state index in [1.165, 1.54) is 6.42 Å². The Labute approximate surface area is 43.7 Å². The lowest BCUT2D eigenvalue weighted by Gasteiger charge is -2.25. The molecular formula is C6H10F. The molecule has 0 aromatic carbocycles. The molecule has 0 aromatic heterocycles. The van der Waals surface area contributed by atoms with Crippen molar-refractivity contribution in [1.82, 2.24) is 0 Å². The molecular weight excluding hydrogens is 91.1 g/mol. The molecule has 0 N–H and O–H groups in total. The van der Waals surface area contributed by atoms with Gasteiger partial charge in [0, 0.05) is 0 Å². The normalized spacial score (nSPS) is 26.6. The van der Waals surface area contributed by atoms with Gasteiger partial charge in [0.2, 0.25) is 0 Å². The summed E-state index contributed by atoms with van der Waals surface area (Å²) in [7, 11) is 0. The molecule has 1 saturated carbocycles. The van der Waals surface area contributed by atoms with Crippen LogP contribution in [0.15, 0.2) is 0 Å². The van der Waals surface area contributed by atoms with Crippen LogP contribution in [0.4, 0.5) is 4.39 Å². The fraction of sp³-hybridized carbons (Fsp3) is 0.833. The Morgan fingerprint density at radius 3 is 2.14 bits per heavy atom. The van der Waals surface area contributed by atoms with Crippen LogP contribution >= 0.6 is 0 Å². The van der Waals surface area contributed by atoms with E-state index in [0.717, 1.165) is 12.8 Å². The number of hydrogen-bond acceptors (Lipinski definition) is 0. The minimum Gasteiger partial charge on any atom is -0.247 e. The average Bonchev–Trinajstić information content (AvgIpc) is 1.23. The summed E-state index contributed by atoms with van der Waals surface area (Å²) in [6, 6.07) is 0. The Morgan fingerprint density at radius 1 is 1.57 bits per heavy atom. The second-order valence-corrected chi connectivity index (χ2v) is 2.21. The highest BCUT2D eigenvalue weighted by Crippen LogP contribution is 2.30. The van der Waals surface area contributed by atoms with E-state index in [4.69, 9.17) is 0 Å². The van der Waals surface area contributed by atoms with Crippen molar-refractivity contribution in [2.24, 2.45) is 5.92 Å². The molecule has 1 fully saturated rings. The molecule has 0 aromatic rings. The van der Waals surface area contributed by atoms with Crippen molar-refractivity contribution in [2.45, 2.75) is 25.4 Å². The first-order chi connectivity index (χ1) is 3.30. The van der Waals surface area contributed by atoms with Gasteiger partial charge < -0.3 is 0 Å². The Kier molecular flexibility index (Phi) is 1.31. The van der Waals surface area contributed by atoms with Crippen LogP contribution in [-0.2, 0) is 0 Å². The maximum absolute atomic E-state index is 12.0. The second-order valence-electron chi connectivity index (χ2n) is 2.21. The number of alkyl halides is 1. The van der Waals surface area contributed by atoms with Crippen LogP contribution in [-0.4, -0.2) is 6.17 Å². The van der Waals surface area contributed by atoms with E-state index in [2.05, 4.69) is 6.92 Å². The van der Waals surface area contributed by atoms with Gasteiger partial charge in [-0.15, -0.1) is 0 Å². The zero-order chi connectivity index (χ0) is 5.28. The molecule has 0 saturated heterocycles. The van der Waals surface area contributed by atoms with Gasteiger partial charge in [-0.05, 0) is 25.7 Å². The molecule has 1 heteroatoms. The topological polar surface area (TPSA) is 0 Å². The van der Waals surface area contributed by atoms with Crippen molar-refractivity contribution in [3.05, 3.63) is 6.92 Å². The average molecular weight is 101 g/mol. The molecule has 0 amide bonds. The lowest BCUT2D eigenvalue weighted by Crippen LogP contribution is -2.20. The van der Waals surface area contributed by atoms with Gasteiger partial charge in [0.1, 0.15) is 6.17 Å². The fourth-order valence-electron chi connectivity index (χ4n) is 0.802. The van der Waals surface area contributed by atoms with Crippen LogP contribution in [0.3, 0.4) is 0 Å². The minimum absolute atomic E-state index is 0.306. The van der Waals surface area contributed by atoms with Crippen molar-refractivity contribution in [3.63, 3.8) is 0 Å². The third-order valence-corrected chi connectivity index (χ3v) is 1.66. The lowest BCUT2D eigenvalue weighted by molar-refractivity contribution is 0.184. The standard InChI is InChI=1S/C6H10F/c1-5(7)6-3-2-4-6/h5-6H,1-4H2. The zero-order valence-corrected chi connectivity index (χ0v) is 4.36. The highest BCUT2D eigenvalue weighted by atomic mass is 19.1. The van der Waals surface area contributed by atoms with Gasteiger partial charge in [0.05, 0.1) is 0 Å². The predicted octanol–water partition coefficient (Wildman–Crippen LogP) is 1.96. The molecule has 1 radical (unpaired) electrons. The monoisotopic (exact) mass is 101 g/mol. The summed E-state index contributed by atoms with van der Waals surface area (Å²) in [5.74, 6) is 0.306. The minimum atomic E-state index is -0.797. The summed E-state index contributed by atoms with van der Waals surface area (Å²) >= 11 is 0. The van der Waals surface area contributed by atoms with E-state index in [1.807, 2.05) is 0 Å². The fourth-order valence-corrected chi connectivity index (χ4v) is 0.802. The van der Waals surface area contributed by atoms with Crippen molar-refractivity contribution in [2.75, 3.05) is 0 Å². The first-order valence-electron chi connectivity index (χ1n) is 2.78. The zero-order valence-electron chi connectivity index (χ0n) is 4.36. The highest BCUT2D eigenvalue weighted by molar-refractivity contribution is 4.78. The van der Waals surface area contributed by atoms with Gasteiger partial charge in [-0.3, -0.25) is 0 Å². The smallest absolute Gasteiger partial charge is 0.103 e. The van der Waals surface area contributed by atoms with E-state index in [9.17, 15) is 4.39 Å². The van der Waals surface area contributed by atoms with Gasteiger partial charge in [-0.25, -0.2) is 4.39 Å². The quantitative estimate of drug-likeness (QED) is 0.473. The van der Waals surface area contributed by atoms with Crippen LogP contribution in [0.25, 0.3) is 0 Å². The molecule has 1 atom stereocenters. The maximum atomic E-state index is 12.0. The molecule has 0 bridgehead atoms. The molecule has 0 heterocycles. The molecule has 0 aliphatic heterocycles. The van der Waals surface area contributed by atoms with Crippen LogP contribution in [0.2, 0.25) is 0 Å². The van der Waals surface area contributed by atoms with Gasteiger partial charge in [-0.2, -0.15) is 0 Å². The molecule has 0 nitrogen and oxygen atoms in total. The van der Waals surface area contributed by atoms with Crippen LogP contribution in [0.1, 0.15) is 19.3 Å². The summed E-state index contributed by atoms with van der Waals surface area (Å²) in [6.45, 7) is 3.29.